The van der Waals surface area contributed by atoms with E-state index >= 15 is 0 Å². The van der Waals surface area contributed by atoms with E-state index in [4.69, 9.17) is 4.74 Å². The molecule has 0 aliphatic rings. The number of rotatable bonds is 5. The first-order valence-electron chi connectivity index (χ1n) is 4.54. The van der Waals surface area contributed by atoms with Crippen LogP contribution in [0.3, 0.4) is 0 Å². The van der Waals surface area contributed by atoms with Crippen molar-refractivity contribution < 1.29 is 9.84 Å². The normalized spacial score (nSPS) is 12.1. The Morgan fingerprint density at radius 2 is 2.07 bits per heavy atom. The first-order valence-corrected chi connectivity index (χ1v) is 5.39. The molecular formula is C11H14O2Se. The molecule has 0 bridgehead atoms. The number of hydrogen-bond donors (Lipinski definition) is 1. The van der Waals surface area contributed by atoms with Gasteiger partial charge in [-0.05, 0) is 0 Å². The molecule has 0 saturated carbocycles. The van der Waals surface area contributed by atoms with Crippen LogP contribution in [0.25, 0.3) is 0 Å². The summed E-state index contributed by atoms with van der Waals surface area (Å²) in [5, 5.41) is 9.59. The molecule has 0 amide bonds. The van der Waals surface area contributed by atoms with Crippen molar-refractivity contribution in [2.24, 2.45) is 0 Å². The Labute approximate surface area is 92.3 Å². The first-order chi connectivity index (χ1) is 6.74. The van der Waals surface area contributed by atoms with Crippen LogP contribution in [0.15, 0.2) is 30.3 Å². The van der Waals surface area contributed by atoms with Crippen molar-refractivity contribution in [3.05, 3.63) is 35.9 Å². The van der Waals surface area contributed by atoms with Gasteiger partial charge in [0.25, 0.3) is 0 Å². The quantitative estimate of drug-likeness (QED) is 0.795. The van der Waals surface area contributed by atoms with Crippen molar-refractivity contribution in [3.63, 3.8) is 0 Å². The second-order valence-corrected chi connectivity index (χ2v) is 3.91. The molecule has 0 aromatic heterocycles. The number of aryl methyl sites for hydroxylation is 1. The van der Waals surface area contributed by atoms with E-state index in [1.165, 1.54) is 5.56 Å². The first kappa shape index (κ1) is 11.4. The number of methoxy groups -OCH3 is 1. The molecule has 0 aliphatic carbocycles. The molecule has 1 aromatic carbocycles. The van der Waals surface area contributed by atoms with Crippen molar-refractivity contribution in [2.45, 2.75) is 18.9 Å². The molecule has 2 nitrogen and oxygen atoms in total. The molecule has 1 rings (SSSR count). The van der Waals surface area contributed by atoms with Crippen LogP contribution in [-0.4, -0.2) is 38.5 Å². The predicted octanol–water partition coefficient (Wildman–Crippen LogP) is 0.925. The van der Waals surface area contributed by atoms with Gasteiger partial charge in [-0.3, -0.25) is 0 Å². The van der Waals surface area contributed by atoms with Gasteiger partial charge in [-0.15, -0.1) is 0 Å². The summed E-state index contributed by atoms with van der Waals surface area (Å²) in [7, 11) is 1.55. The van der Waals surface area contributed by atoms with Crippen LogP contribution >= 0.6 is 0 Å². The molecule has 14 heavy (non-hydrogen) atoms. The number of ether oxygens (including phenoxy) is 1. The van der Waals surface area contributed by atoms with Gasteiger partial charge in [-0.25, -0.2) is 0 Å². The summed E-state index contributed by atoms with van der Waals surface area (Å²) in [5.74, 6) is 0. The summed E-state index contributed by atoms with van der Waals surface area (Å²) in [6.45, 7) is 0. The van der Waals surface area contributed by atoms with Crippen LogP contribution in [0.1, 0.15) is 12.0 Å². The Balaban J connectivity index is 2.38. The molecule has 0 radical (unpaired) electrons. The third kappa shape index (κ3) is 3.62. The molecule has 0 saturated heterocycles. The molecule has 0 fully saturated rings. The van der Waals surface area contributed by atoms with Crippen LogP contribution in [0.4, 0.5) is 0 Å². The standard InChI is InChI=1S/C11H14O2Se/c1-13-11(14)10(12)8-7-9-5-3-2-4-6-9/h2-6,10,12H,7-8H2,1H3. The molecule has 0 aliphatic heterocycles. The Kier molecular flexibility index (Phi) is 4.88. The van der Waals surface area contributed by atoms with E-state index in [9.17, 15) is 5.11 Å². The van der Waals surface area contributed by atoms with Crippen LogP contribution in [0.5, 0.6) is 0 Å². The monoisotopic (exact) mass is 258 g/mol. The van der Waals surface area contributed by atoms with Gasteiger partial charge in [0.15, 0.2) is 0 Å². The number of hydrogen-bond acceptors (Lipinski definition) is 2. The van der Waals surface area contributed by atoms with Gasteiger partial charge in [0.1, 0.15) is 0 Å². The molecule has 1 atom stereocenters. The zero-order valence-corrected chi connectivity index (χ0v) is 9.86. The van der Waals surface area contributed by atoms with E-state index in [0.717, 1.165) is 6.42 Å². The van der Waals surface area contributed by atoms with Gasteiger partial charge >= 0.3 is 92.0 Å². The van der Waals surface area contributed by atoms with Gasteiger partial charge < -0.3 is 0 Å². The summed E-state index contributed by atoms with van der Waals surface area (Å²) < 4.78 is 5.47. The average Bonchev–Trinajstić information content (AvgIpc) is 2.26. The minimum absolute atomic E-state index is 0.514. The van der Waals surface area contributed by atoms with Crippen LogP contribution < -0.4 is 0 Å². The maximum absolute atomic E-state index is 9.59. The third-order valence-corrected chi connectivity index (χ3v) is 2.94. The van der Waals surface area contributed by atoms with Crippen LogP contribution in [0.2, 0.25) is 0 Å². The minimum atomic E-state index is -0.514. The van der Waals surface area contributed by atoms with Crippen molar-refractivity contribution in [3.8, 4) is 0 Å². The van der Waals surface area contributed by atoms with Crippen LogP contribution in [-0.2, 0) is 11.2 Å². The van der Waals surface area contributed by atoms with Gasteiger partial charge in [0.05, 0.1) is 0 Å². The number of aliphatic hydroxyl groups is 1. The molecule has 0 heterocycles. The van der Waals surface area contributed by atoms with E-state index in [1.807, 2.05) is 18.2 Å². The van der Waals surface area contributed by atoms with E-state index in [-0.39, 0.29) is 0 Å². The average molecular weight is 257 g/mol. The van der Waals surface area contributed by atoms with Crippen molar-refractivity contribution in [1.29, 1.82) is 0 Å². The van der Waals surface area contributed by atoms with Crippen molar-refractivity contribution in [1.82, 2.24) is 0 Å². The fraction of sp³-hybridized carbons (Fsp3) is 0.364. The fourth-order valence-electron chi connectivity index (χ4n) is 1.20. The second-order valence-electron chi connectivity index (χ2n) is 3.06. The topological polar surface area (TPSA) is 29.5 Å². The van der Waals surface area contributed by atoms with Crippen molar-refractivity contribution in [2.75, 3.05) is 7.11 Å². The van der Waals surface area contributed by atoms with E-state index in [1.54, 1.807) is 7.11 Å². The Bertz CT molecular complexity index is 285. The predicted molar refractivity (Wildman–Crippen MR) is 58.5 cm³/mol. The second kappa shape index (κ2) is 5.97. The third-order valence-electron chi connectivity index (χ3n) is 2.02. The van der Waals surface area contributed by atoms with Gasteiger partial charge in [0, 0.05) is 0 Å². The summed E-state index contributed by atoms with van der Waals surface area (Å²) >= 11 is 2.71. The molecule has 76 valence electrons. The van der Waals surface area contributed by atoms with E-state index < -0.39 is 6.10 Å². The number of aliphatic hydroxyl groups excluding tert-OH is 1. The van der Waals surface area contributed by atoms with Gasteiger partial charge in [0.2, 0.25) is 0 Å². The SMILES string of the molecule is COC(=[Se])C(O)CCc1ccccc1. The van der Waals surface area contributed by atoms with Crippen LogP contribution in [0, 0.1) is 0 Å². The van der Waals surface area contributed by atoms with Gasteiger partial charge in [-0.2, -0.15) is 0 Å². The summed E-state index contributed by atoms with van der Waals surface area (Å²) in [4.78, 5) is 0. The van der Waals surface area contributed by atoms with Gasteiger partial charge in [-0.1, -0.05) is 0 Å². The van der Waals surface area contributed by atoms with E-state index in [0.29, 0.717) is 11.0 Å². The molecule has 3 heteroatoms. The van der Waals surface area contributed by atoms with Crippen molar-refractivity contribution >= 4 is 20.2 Å². The van der Waals surface area contributed by atoms with E-state index in [2.05, 4.69) is 27.7 Å². The molecule has 0 spiro atoms. The number of benzene rings is 1. The summed E-state index contributed by atoms with van der Waals surface area (Å²) in [5.41, 5.74) is 1.23. The molecular weight excluding hydrogens is 243 g/mol. The zero-order chi connectivity index (χ0) is 10.4. The fourth-order valence-corrected chi connectivity index (χ4v) is 1.45. The Morgan fingerprint density at radius 1 is 1.43 bits per heavy atom. The zero-order valence-electron chi connectivity index (χ0n) is 8.14. The molecule has 1 aromatic rings. The summed E-state index contributed by atoms with van der Waals surface area (Å²) in [6.07, 6.45) is 1.02. The summed E-state index contributed by atoms with van der Waals surface area (Å²) in [6, 6.07) is 10.1. The molecule has 1 unspecified atom stereocenters. The Morgan fingerprint density at radius 3 is 2.64 bits per heavy atom. The maximum atomic E-state index is 9.59. The Hall–Kier alpha value is -0.631. The molecule has 1 N–H and O–H groups in total.